The molecule has 0 radical (unpaired) electrons. The van der Waals surface area contributed by atoms with E-state index in [1.165, 1.54) is 19.2 Å². The van der Waals surface area contributed by atoms with Crippen LogP contribution < -0.4 is 10.2 Å². The van der Waals surface area contributed by atoms with E-state index in [9.17, 15) is 4.39 Å². The van der Waals surface area contributed by atoms with E-state index in [0.717, 1.165) is 0 Å². The van der Waals surface area contributed by atoms with E-state index in [1.807, 2.05) is 0 Å². The first-order valence-corrected chi connectivity index (χ1v) is 3.27. The monoisotopic (exact) mass is 171 g/mol. The van der Waals surface area contributed by atoms with Crippen molar-refractivity contribution in [3.8, 4) is 5.75 Å². The summed E-state index contributed by atoms with van der Waals surface area (Å²) in [5.41, 5.74) is -0.407. The summed E-state index contributed by atoms with van der Waals surface area (Å²) in [5.74, 6) is -0.960. The van der Waals surface area contributed by atoms with Gasteiger partial charge in [-0.05, 0) is 12.1 Å². The third-order valence-electron chi connectivity index (χ3n) is 1.42. The van der Waals surface area contributed by atoms with Crippen molar-refractivity contribution in [2.24, 2.45) is 0 Å². The van der Waals surface area contributed by atoms with Crippen LogP contribution in [-0.4, -0.2) is 24.3 Å². The molecule has 0 saturated heterocycles. The molecule has 0 spiro atoms. The van der Waals surface area contributed by atoms with E-state index >= 15 is 0 Å². The fraction of sp³-hybridized carbons (Fsp3) is 0.143. The lowest BCUT2D eigenvalue weighted by Gasteiger charge is -2.07. The molecule has 0 amide bonds. The molecule has 3 nitrogen and oxygen atoms in total. The van der Waals surface area contributed by atoms with Crippen molar-refractivity contribution in [3.05, 3.63) is 24.0 Å². The van der Waals surface area contributed by atoms with Crippen molar-refractivity contribution in [1.82, 2.24) is 0 Å². The summed E-state index contributed by atoms with van der Waals surface area (Å²) in [4.78, 5) is 0. The van der Waals surface area contributed by atoms with Crippen LogP contribution in [0, 0.1) is 5.82 Å². The molecular weight excluding hydrogens is 162 g/mol. The Balaban J connectivity index is 3.32. The van der Waals surface area contributed by atoms with Crippen LogP contribution in [0.3, 0.4) is 0 Å². The van der Waals surface area contributed by atoms with E-state index in [1.54, 1.807) is 0 Å². The summed E-state index contributed by atoms with van der Waals surface area (Å²) < 4.78 is 24.9. The molecule has 0 aliphatic heterocycles. The number of ether oxygens (including phenoxy) is 1. The Hall–Kier alpha value is -1.07. The minimum Gasteiger partial charge on any atom is -0.497 e. The summed E-state index contributed by atoms with van der Waals surface area (Å²) in [7, 11) is -0.690. The molecule has 0 aromatic heterocycles. The van der Waals surface area contributed by atoms with Crippen LogP contribution in [-0.2, 0) is 0 Å². The molecule has 1 aromatic carbocycles. The normalized spacial score (nSPS) is 10.8. The minimum absolute atomic E-state index is 0.0171. The Morgan fingerprint density at radius 2 is 2.33 bits per heavy atom. The highest BCUT2D eigenvalue weighted by Crippen LogP contribution is 2.08. The molecule has 12 heavy (non-hydrogen) atoms. The number of hydrogen-bond acceptors (Lipinski definition) is 3. The van der Waals surface area contributed by atoms with Gasteiger partial charge in [0.15, 0.2) is 0 Å². The SMILES string of the molecule is [2H]c1ccc(OC)c(B(O)O)c1F. The second-order valence-electron chi connectivity index (χ2n) is 2.15. The van der Waals surface area contributed by atoms with Crippen LogP contribution in [0.4, 0.5) is 4.39 Å². The van der Waals surface area contributed by atoms with Crippen LogP contribution in [0.1, 0.15) is 1.37 Å². The molecule has 64 valence electrons. The molecule has 0 aliphatic carbocycles. The molecular formula is C7H8BFO3. The van der Waals surface area contributed by atoms with Crippen LogP contribution in [0.15, 0.2) is 18.2 Å². The zero-order valence-electron chi connectivity index (χ0n) is 7.41. The maximum atomic E-state index is 13.1. The van der Waals surface area contributed by atoms with Crippen molar-refractivity contribution in [2.75, 3.05) is 7.11 Å². The highest BCUT2D eigenvalue weighted by molar-refractivity contribution is 6.59. The molecule has 1 aromatic rings. The van der Waals surface area contributed by atoms with Gasteiger partial charge in [-0.2, -0.15) is 0 Å². The lowest BCUT2D eigenvalue weighted by atomic mass is 9.79. The first-order chi connectivity index (χ1) is 6.07. The average Bonchev–Trinajstić information content (AvgIpc) is 2.08. The topological polar surface area (TPSA) is 49.7 Å². The first kappa shape index (κ1) is 7.58. The lowest BCUT2D eigenvalue weighted by Crippen LogP contribution is -2.33. The van der Waals surface area contributed by atoms with Gasteiger partial charge in [-0.15, -0.1) is 0 Å². The second kappa shape index (κ2) is 3.56. The standard InChI is InChI=1S/C7H8BFO3/c1-12-6-4-2-3-5(9)7(6)8(10)11/h2-4,10-11H,1H3/i3D. The van der Waals surface area contributed by atoms with Crippen molar-refractivity contribution >= 4 is 12.6 Å². The highest BCUT2D eigenvalue weighted by Gasteiger charge is 2.21. The van der Waals surface area contributed by atoms with Gasteiger partial charge in [-0.25, -0.2) is 4.39 Å². The van der Waals surface area contributed by atoms with Gasteiger partial charge in [-0.3, -0.25) is 0 Å². The molecule has 1 rings (SSSR count). The Kier molecular flexibility index (Phi) is 2.25. The number of rotatable bonds is 2. The number of benzene rings is 1. The molecule has 0 atom stereocenters. The van der Waals surface area contributed by atoms with Gasteiger partial charge in [0.2, 0.25) is 0 Å². The molecule has 0 fully saturated rings. The van der Waals surface area contributed by atoms with Gasteiger partial charge in [0.05, 0.1) is 13.9 Å². The average molecular weight is 171 g/mol. The maximum Gasteiger partial charge on any atom is 0.495 e. The third kappa shape index (κ3) is 1.57. The number of methoxy groups -OCH3 is 1. The van der Waals surface area contributed by atoms with Crippen LogP contribution in [0.25, 0.3) is 0 Å². The highest BCUT2D eigenvalue weighted by atomic mass is 19.1. The van der Waals surface area contributed by atoms with Gasteiger partial charge in [0.1, 0.15) is 11.6 Å². The number of halogens is 1. The van der Waals surface area contributed by atoms with Gasteiger partial charge < -0.3 is 14.8 Å². The second-order valence-corrected chi connectivity index (χ2v) is 2.15. The van der Waals surface area contributed by atoms with E-state index in [2.05, 4.69) is 0 Å². The van der Waals surface area contributed by atoms with E-state index < -0.39 is 24.4 Å². The van der Waals surface area contributed by atoms with Crippen LogP contribution >= 0.6 is 0 Å². The van der Waals surface area contributed by atoms with Gasteiger partial charge in [0, 0.05) is 0 Å². The third-order valence-corrected chi connectivity index (χ3v) is 1.42. The summed E-state index contributed by atoms with van der Waals surface area (Å²) in [6.45, 7) is 0. The van der Waals surface area contributed by atoms with Crippen molar-refractivity contribution in [2.45, 2.75) is 0 Å². The lowest BCUT2D eigenvalue weighted by molar-refractivity contribution is 0.399. The molecule has 0 unspecified atom stereocenters. The molecule has 5 heteroatoms. The summed E-state index contributed by atoms with van der Waals surface area (Å²) in [6, 6.07) is 2.09. The molecule has 0 aliphatic rings. The smallest absolute Gasteiger partial charge is 0.495 e. The quantitative estimate of drug-likeness (QED) is 0.590. The Morgan fingerprint density at radius 3 is 2.83 bits per heavy atom. The predicted octanol–water partition coefficient (Wildman–Crippen LogP) is -0.486. The summed E-state index contributed by atoms with van der Waals surface area (Å²) in [6.07, 6.45) is 0. The minimum atomic E-state index is -1.97. The first-order valence-electron chi connectivity index (χ1n) is 3.77. The zero-order chi connectivity index (χ0) is 10.0. The van der Waals surface area contributed by atoms with E-state index in [0.29, 0.717) is 0 Å². The Bertz CT molecular complexity index is 319. The van der Waals surface area contributed by atoms with Crippen molar-refractivity contribution < 1.29 is 20.5 Å². The fourth-order valence-electron chi connectivity index (χ4n) is 0.885. The van der Waals surface area contributed by atoms with E-state index in [-0.39, 0.29) is 5.75 Å². The van der Waals surface area contributed by atoms with Gasteiger partial charge in [0.25, 0.3) is 0 Å². The van der Waals surface area contributed by atoms with Crippen LogP contribution in [0.2, 0.25) is 0 Å². The predicted molar refractivity (Wildman–Crippen MR) is 42.8 cm³/mol. The summed E-state index contributed by atoms with van der Waals surface area (Å²) in [5, 5.41) is 17.6. The van der Waals surface area contributed by atoms with Crippen molar-refractivity contribution in [1.29, 1.82) is 0 Å². The maximum absolute atomic E-state index is 13.1. The molecule has 0 bridgehead atoms. The van der Waals surface area contributed by atoms with Gasteiger partial charge >= 0.3 is 7.12 Å². The largest absolute Gasteiger partial charge is 0.497 e. The van der Waals surface area contributed by atoms with E-state index in [4.69, 9.17) is 16.2 Å². The van der Waals surface area contributed by atoms with Crippen molar-refractivity contribution in [3.63, 3.8) is 0 Å². The molecule has 0 heterocycles. The Morgan fingerprint density at radius 1 is 1.67 bits per heavy atom. The van der Waals surface area contributed by atoms with Crippen LogP contribution in [0.5, 0.6) is 5.75 Å². The summed E-state index contributed by atoms with van der Waals surface area (Å²) >= 11 is 0. The van der Waals surface area contributed by atoms with Gasteiger partial charge in [-0.1, -0.05) is 6.07 Å². The zero-order valence-corrected chi connectivity index (χ0v) is 6.41. The molecule has 0 saturated carbocycles. The number of hydrogen-bond donors (Lipinski definition) is 2. The molecule has 2 N–H and O–H groups in total. The Labute approximate surface area is 71.0 Å². The fourth-order valence-corrected chi connectivity index (χ4v) is 0.885.